The molecule has 1 aliphatic heterocycles. The number of hydrogen-bond donors (Lipinski definition) is 0. The number of thiophene rings is 1. The van der Waals surface area contributed by atoms with Gasteiger partial charge in [0.25, 0.3) is 0 Å². The van der Waals surface area contributed by atoms with E-state index in [4.69, 9.17) is 13.8 Å². The van der Waals surface area contributed by atoms with Crippen molar-refractivity contribution in [3.8, 4) is 39.6 Å². The lowest BCUT2D eigenvalue weighted by Gasteiger charge is -2.30. The Labute approximate surface area is 460 Å². The number of pyridine rings is 1. The van der Waals surface area contributed by atoms with Crippen LogP contribution in [0.2, 0.25) is 0 Å². The smallest absolute Gasteiger partial charge is 0.137 e. The first-order valence-corrected chi connectivity index (χ1v) is 27.3. The van der Waals surface area contributed by atoms with Crippen molar-refractivity contribution in [2.45, 2.75) is 105 Å². The summed E-state index contributed by atoms with van der Waals surface area (Å²) in [6, 6.07) is 49.9. The van der Waals surface area contributed by atoms with Gasteiger partial charge in [-0.15, -0.1) is 11.3 Å². The number of para-hydroxylation sites is 3. The Morgan fingerprint density at radius 3 is 1.83 bits per heavy atom. The molecule has 5 nitrogen and oxygen atoms in total. The predicted octanol–water partition coefficient (Wildman–Crippen LogP) is 20.1. The van der Waals surface area contributed by atoms with Crippen LogP contribution in [0.3, 0.4) is 0 Å². The number of nitrogens with zero attached hydrogens (tertiary/aromatic N) is 4. The highest BCUT2D eigenvalue weighted by atomic mass is 32.1. The minimum absolute atomic E-state index is 0.0870. The molecule has 4 heterocycles. The topological polar surface area (TPSA) is 33.5 Å². The summed E-state index contributed by atoms with van der Waals surface area (Å²) in [5, 5.41) is 4.81. The van der Waals surface area contributed by atoms with Crippen molar-refractivity contribution < 1.29 is 11.6 Å². The fourth-order valence-electron chi connectivity index (χ4n) is 10.9. The fraction of sp³-hybridized carbons (Fsp3) is 0.243. The van der Waals surface area contributed by atoms with Crippen molar-refractivity contribution >= 4 is 76.1 Å². The molecule has 0 bridgehead atoms. The molecular formula is C70H68N4OS. The summed E-state index contributed by atoms with van der Waals surface area (Å²) in [7, 11) is 0. The standard InChI is InChI=1S/C70H68N4OS/c1-67(2,3)46-33-34-71-63(40-46)74-60-32-31-56-55-23-16-19-28-62(55)76-66(56)64(60)57-30-29-51(42-61(57)74)75-52-39-49(70(10,11)12)38-50(41-52)72-43-73(59-27-18-17-26-58(59)72)65-53(44-21-14-13-15-22-44)24-20-25-54(65)45-35-47(68(4,5)6)37-48(36-45)69(7,8)9/h13-42H,43H2,1-12H3/i13D,14D,15D,21D,22D. The predicted molar refractivity (Wildman–Crippen MR) is 326 cm³/mol. The molecule has 1 aliphatic rings. The van der Waals surface area contributed by atoms with Gasteiger partial charge in [-0.1, -0.05) is 186 Å². The second-order valence-electron chi connectivity index (χ2n) is 24.7. The van der Waals surface area contributed by atoms with E-state index in [2.05, 4.69) is 225 Å². The van der Waals surface area contributed by atoms with E-state index in [9.17, 15) is 2.74 Å². The van der Waals surface area contributed by atoms with Gasteiger partial charge in [0.1, 0.15) is 24.0 Å². The molecule has 0 N–H and O–H groups in total. The summed E-state index contributed by atoms with van der Waals surface area (Å²) >= 11 is 1.83. The van der Waals surface area contributed by atoms with Crippen LogP contribution in [0.5, 0.6) is 11.5 Å². The van der Waals surface area contributed by atoms with Crippen LogP contribution >= 0.6 is 11.3 Å². The average molecular weight is 1020 g/mol. The van der Waals surface area contributed by atoms with Gasteiger partial charge < -0.3 is 14.5 Å². The Morgan fingerprint density at radius 2 is 1.13 bits per heavy atom. The Morgan fingerprint density at radius 1 is 0.500 bits per heavy atom. The zero-order valence-corrected chi connectivity index (χ0v) is 46.6. The maximum Gasteiger partial charge on any atom is 0.137 e. The number of ether oxygens (including phenoxy) is 1. The lowest BCUT2D eigenvalue weighted by Crippen LogP contribution is -2.25. The molecular weight excluding hydrogens is 945 g/mol. The monoisotopic (exact) mass is 1020 g/mol. The summed E-state index contributed by atoms with van der Waals surface area (Å²) in [5.41, 5.74) is 12.1. The minimum atomic E-state index is -0.424. The van der Waals surface area contributed by atoms with Crippen molar-refractivity contribution in [2.24, 2.45) is 0 Å². The Hall–Kier alpha value is -7.67. The molecule has 0 aliphatic carbocycles. The molecule has 0 unspecified atom stereocenters. The molecule has 0 atom stereocenters. The first kappa shape index (κ1) is 43.6. The van der Waals surface area contributed by atoms with Gasteiger partial charge in [0.05, 0.1) is 34.9 Å². The van der Waals surface area contributed by atoms with Crippen LogP contribution in [0.15, 0.2) is 182 Å². The summed E-state index contributed by atoms with van der Waals surface area (Å²) in [6.07, 6.45) is 1.92. The number of anilines is 4. The van der Waals surface area contributed by atoms with Gasteiger partial charge in [0.2, 0.25) is 0 Å². The van der Waals surface area contributed by atoms with Crippen LogP contribution in [0.4, 0.5) is 22.7 Å². The zero-order chi connectivity index (χ0) is 57.4. The third kappa shape index (κ3) is 8.71. The van der Waals surface area contributed by atoms with Gasteiger partial charge in [-0.3, -0.25) is 4.57 Å². The Kier molecular flexibility index (Phi) is 10.3. The van der Waals surface area contributed by atoms with Gasteiger partial charge in [-0.05, 0) is 116 Å². The lowest BCUT2D eigenvalue weighted by molar-refractivity contribution is 0.479. The van der Waals surface area contributed by atoms with E-state index in [-0.39, 0.29) is 51.4 Å². The first-order valence-electron chi connectivity index (χ1n) is 29.0. The van der Waals surface area contributed by atoms with Crippen LogP contribution in [0, 0.1) is 0 Å². The SMILES string of the molecule is [2H]c1c([2H])c([2H])c(-c2cccc(-c3cc(C(C)(C)C)cc(C(C)(C)C)c3)c2N2CN(c3cc(Oc4ccc5c6c7sc8ccccc8c7ccc6n(-c6cc(C(C)(C)C)ccn6)c5c4)cc(C(C)(C)C)c3)c3ccccc32)c([2H])c1[2H]. The first-order chi connectivity index (χ1) is 38.3. The molecule has 3 aromatic heterocycles. The molecule has 0 radical (unpaired) electrons. The van der Waals surface area contributed by atoms with Crippen LogP contribution in [0.1, 0.15) is 112 Å². The lowest BCUT2D eigenvalue weighted by atomic mass is 9.78. The van der Waals surface area contributed by atoms with E-state index in [1.807, 2.05) is 35.7 Å². The van der Waals surface area contributed by atoms with Crippen molar-refractivity contribution in [2.75, 3.05) is 16.5 Å². The molecule has 0 fully saturated rings. The number of rotatable bonds is 7. The molecule has 8 aromatic carbocycles. The molecule has 12 rings (SSSR count). The number of aromatic nitrogens is 2. The Bertz CT molecular complexity index is 4310. The second-order valence-corrected chi connectivity index (χ2v) is 25.7. The number of hydrogen-bond acceptors (Lipinski definition) is 5. The Balaban J connectivity index is 1.03. The van der Waals surface area contributed by atoms with E-state index >= 15 is 0 Å². The maximum absolute atomic E-state index is 9.36. The highest BCUT2D eigenvalue weighted by Crippen LogP contribution is 2.52. The third-order valence-corrected chi connectivity index (χ3v) is 16.4. The number of benzene rings is 8. The van der Waals surface area contributed by atoms with Crippen LogP contribution in [-0.4, -0.2) is 16.2 Å². The second kappa shape index (κ2) is 18.0. The van der Waals surface area contributed by atoms with Crippen molar-refractivity contribution in [1.29, 1.82) is 0 Å². The summed E-state index contributed by atoms with van der Waals surface area (Å²) < 4.78 is 56.9. The summed E-state index contributed by atoms with van der Waals surface area (Å²) in [5.74, 6) is 2.22. The van der Waals surface area contributed by atoms with Gasteiger partial charge in [-0.25, -0.2) is 4.98 Å². The molecule has 11 aromatic rings. The van der Waals surface area contributed by atoms with Crippen molar-refractivity contribution in [3.05, 3.63) is 204 Å². The van der Waals surface area contributed by atoms with Crippen molar-refractivity contribution in [3.63, 3.8) is 0 Å². The largest absolute Gasteiger partial charge is 0.457 e. The molecule has 380 valence electrons. The molecule has 6 heteroatoms. The van der Waals surface area contributed by atoms with Crippen LogP contribution in [-0.2, 0) is 21.7 Å². The molecule has 0 saturated carbocycles. The average Bonchev–Trinajstić information content (AvgIpc) is 4.32. The number of fused-ring (bicyclic) bond motifs is 8. The van der Waals surface area contributed by atoms with Crippen LogP contribution < -0.4 is 14.5 Å². The van der Waals surface area contributed by atoms with Crippen LogP contribution in [0.25, 0.3) is 70.0 Å². The molecule has 0 amide bonds. The van der Waals surface area contributed by atoms with Gasteiger partial charge in [0, 0.05) is 66.1 Å². The van der Waals surface area contributed by atoms with Crippen molar-refractivity contribution in [1.82, 2.24) is 9.55 Å². The van der Waals surface area contributed by atoms with Gasteiger partial charge in [0.15, 0.2) is 0 Å². The quantitative estimate of drug-likeness (QED) is 0.159. The van der Waals surface area contributed by atoms with E-state index in [0.29, 0.717) is 23.7 Å². The maximum atomic E-state index is 9.36. The van der Waals surface area contributed by atoms with E-state index in [0.717, 1.165) is 61.7 Å². The third-order valence-electron chi connectivity index (χ3n) is 15.2. The van der Waals surface area contributed by atoms with E-state index in [1.165, 1.54) is 42.2 Å². The van der Waals surface area contributed by atoms with Gasteiger partial charge in [-0.2, -0.15) is 0 Å². The summed E-state index contributed by atoms with van der Waals surface area (Å²) in [4.78, 5) is 9.60. The normalized spacial score (nSPS) is 14.3. The van der Waals surface area contributed by atoms with E-state index in [1.54, 1.807) is 0 Å². The fourth-order valence-corrected chi connectivity index (χ4v) is 12.1. The zero-order valence-electron chi connectivity index (χ0n) is 50.7. The van der Waals surface area contributed by atoms with Gasteiger partial charge >= 0.3 is 0 Å². The highest BCUT2D eigenvalue weighted by molar-refractivity contribution is 7.26. The summed E-state index contributed by atoms with van der Waals surface area (Å²) in [6.45, 7) is 27.1. The molecule has 0 saturated heterocycles. The van der Waals surface area contributed by atoms with E-state index < -0.39 is 6.04 Å². The highest BCUT2D eigenvalue weighted by Gasteiger charge is 2.33. The molecule has 76 heavy (non-hydrogen) atoms. The minimum Gasteiger partial charge on any atom is -0.457 e. The molecule has 0 spiro atoms.